The SMILES string of the molecule is Cc1ccc(CN(C)CN2C(=O)[C@H]3CCCC[C@@H]3C2=O)c(C)c1. The van der Waals surface area contributed by atoms with Crippen molar-refractivity contribution in [1.29, 1.82) is 0 Å². The van der Waals surface area contributed by atoms with Crippen molar-refractivity contribution in [3.8, 4) is 0 Å². The van der Waals surface area contributed by atoms with E-state index >= 15 is 0 Å². The van der Waals surface area contributed by atoms with Crippen molar-refractivity contribution >= 4 is 11.8 Å². The zero-order valence-corrected chi connectivity index (χ0v) is 14.3. The molecule has 1 heterocycles. The van der Waals surface area contributed by atoms with Gasteiger partial charge in [0.05, 0.1) is 18.5 Å². The first-order valence-corrected chi connectivity index (χ1v) is 8.57. The molecule has 1 aromatic carbocycles. The molecule has 0 radical (unpaired) electrons. The summed E-state index contributed by atoms with van der Waals surface area (Å²) in [6.45, 7) is 5.34. The number of imide groups is 1. The quantitative estimate of drug-likeness (QED) is 0.802. The lowest BCUT2D eigenvalue weighted by atomic mass is 9.81. The van der Waals surface area contributed by atoms with Crippen LogP contribution in [0, 0.1) is 25.7 Å². The van der Waals surface area contributed by atoms with Gasteiger partial charge in [0.2, 0.25) is 11.8 Å². The van der Waals surface area contributed by atoms with Crippen molar-refractivity contribution in [1.82, 2.24) is 9.80 Å². The lowest BCUT2D eigenvalue weighted by molar-refractivity contribution is -0.142. The second-order valence-electron chi connectivity index (χ2n) is 7.19. The molecule has 1 saturated carbocycles. The van der Waals surface area contributed by atoms with E-state index in [0.717, 1.165) is 32.2 Å². The summed E-state index contributed by atoms with van der Waals surface area (Å²) in [6.07, 6.45) is 3.91. The van der Waals surface area contributed by atoms with Gasteiger partial charge in [-0.15, -0.1) is 0 Å². The number of fused-ring (bicyclic) bond motifs is 1. The minimum absolute atomic E-state index is 0.0483. The van der Waals surface area contributed by atoms with Crippen LogP contribution in [0.25, 0.3) is 0 Å². The van der Waals surface area contributed by atoms with Gasteiger partial charge < -0.3 is 0 Å². The van der Waals surface area contributed by atoms with Gasteiger partial charge in [0.15, 0.2) is 0 Å². The van der Waals surface area contributed by atoms with Gasteiger partial charge >= 0.3 is 0 Å². The predicted molar refractivity (Wildman–Crippen MR) is 89.6 cm³/mol. The predicted octanol–water partition coefficient (Wildman–Crippen LogP) is 2.87. The minimum Gasteiger partial charge on any atom is -0.284 e. The van der Waals surface area contributed by atoms with Crippen molar-refractivity contribution in [2.45, 2.75) is 46.1 Å². The van der Waals surface area contributed by atoms with Crippen molar-refractivity contribution in [3.63, 3.8) is 0 Å². The van der Waals surface area contributed by atoms with Crippen LogP contribution in [-0.2, 0) is 16.1 Å². The monoisotopic (exact) mass is 314 g/mol. The summed E-state index contributed by atoms with van der Waals surface area (Å²) in [5.41, 5.74) is 3.75. The second kappa shape index (κ2) is 6.44. The van der Waals surface area contributed by atoms with Crippen LogP contribution in [0.4, 0.5) is 0 Å². The number of benzene rings is 1. The molecule has 0 unspecified atom stereocenters. The Morgan fingerprint density at radius 3 is 2.26 bits per heavy atom. The van der Waals surface area contributed by atoms with Gasteiger partial charge in [-0.3, -0.25) is 19.4 Å². The van der Waals surface area contributed by atoms with Crippen molar-refractivity contribution in [2.24, 2.45) is 11.8 Å². The summed E-state index contributed by atoms with van der Waals surface area (Å²) < 4.78 is 0. The molecule has 1 saturated heterocycles. The third-order valence-corrected chi connectivity index (χ3v) is 5.25. The number of amides is 2. The van der Waals surface area contributed by atoms with E-state index in [1.54, 1.807) is 0 Å². The molecule has 2 fully saturated rings. The molecule has 1 aromatic rings. The molecule has 23 heavy (non-hydrogen) atoms. The van der Waals surface area contributed by atoms with E-state index in [4.69, 9.17) is 0 Å². The molecule has 4 nitrogen and oxygen atoms in total. The Labute approximate surface area is 138 Å². The zero-order chi connectivity index (χ0) is 16.6. The molecule has 2 atom stereocenters. The Bertz CT molecular complexity index is 602. The number of carbonyl (C=O) groups excluding carboxylic acids is 2. The van der Waals surface area contributed by atoms with Gasteiger partial charge in [0.1, 0.15) is 0 Å². The smallest absolute Gasteiger partial charge is 0.234 e. The molecule has 4 heteroatoms. The summed E-state index contributed by atoms with van der Waals surface area (Å²) in [4.78, 5) is 28.6. The average molecular weight is 314 g/mol. The fraction of sp³-hybridized carbons (Fsp3) is 0.579. The third-order valence-electron chi connectivity index (χ3n) is 5.25. The molecule has 1 aliphatic carbocycles. The maximum absolute atomic E-state index is 12.5. The van der Waals surface area contributed by atoms with Crippen LogP contribution < -0.4 is 0 Å². The van der Waals surface area contributed by atoms with Crippen molar-refractivity contribution in [3.05, 3.63) is 34.9 Å². The third kappa shape index (κ3) is 3.18. The summed E-state index contributed by atoms with van der Waals surface area (Å²) in [5.74, 6) is -0.00382. The van der Waals surface area contributed by atoms with Crippen LogP contribution in [-0.4, -0.2) is 35.3 Å². The molecule has 3 rings (SSSR count). The lowest BCUT2D eigenvalue weighted by Gasteiger charge is -2.24. The minimum atomic E-state index is -0.0502. The molecule has 0 spiro atoms. The van der Waals surface area contributed by atoms with E-state index in [1.807, 2.05) is 7.05 Å². The summed E-state index contributed by atoms with van der Waals surface area (Å²) in [7, 11) is 1.97. The lowest BCUT2D eigenvalue weighted by Crippen LogP contribution is -2.40. The number of aryl methyl sites for hydroxylation is 2. The summed E-state index contributed by atoms with van der Waals surface area (Å²) in [5, 5.41) is 0. The fourth-order valence-corrected chi connectivity index (χ4v) is 3.98. The molecular weight excluding hydrogens is 288 g/mol. The van der Waals surface area contributed by atoms with Gasteiger partial charge in [-0.25, -0.2) is 0 Å². The van der Waals surface area contributed by atoms with Crippen LogP contribution in [0.5, 0.6) is 0 Å². The Balaban J connectivity index is 1.66. The highest BCUT2D eigenvalue weighted by Crippen LogP contribution is 2.38. The van der Waals surface area contributed by atoms with E-state index in [1.165, 1.54) is 21.6 Å². The molecule has 124 valence electrons. The normalized spacial score (nSPS) is 24.4. The van der Waals surface area contributed by atoms with Crippen LogP contribution in [0.2, 0.25) is 0 Å². The first-order valence-electron chi connectivity index (χ1n) is 8.57. The number of carbonyl (C=O) groups is 2. The fourth-order valence-electron chi connectivity index (χ4n) is 3.98. The standard InChI is InChI=1S/C19H26N2O2/c1-13-8-9-15(14(2)10-13)11-20(3)12-21-18(22)16-6-4-5-7-17(16)19(21)23/h8-10,16-17H,4-7,11-12H2,1-3H3/t16-,17-/m0/s1. The number of hydrogen-bond acceptors (Lipinski definition) is 3. The van der Waals surface area contributed by atoms with Crippen LogP contribution >= 0.6 is 0 Å². The van der Waals surface area contributed by atoms with E-state index in [-0.39, 0.29) is 23.7 Å². The Hall–Kier alpha value is -1.68. The average Bonchev–Trinajstić information content (AvgIpc) is 2.76. The highest BCUT2D eigenvalue weighted by molar-refractivity contribution is 6.05. The van der Waals surface area contributed by atoms with E-state index in [2.05, 4.69) is 36.9 Å². The Kier molecular flexibility index (Phi) is 4.53. The molecular formula is C19H26N2O2. The Morgan fingerprint density at radius 1 is 1.09 bits per heavy atom. The van der Waals surface area contributed by atoms with Crippen molar-refractivity contribution in [2.75, 3.05) is 13.7 Å². The molecule has 0 N–H and O–H groups in total. The van der Waals surface area contributed by atoms with Crippen LogP contribution in [0.1, 0.15) is 42.4 Å². The van der Waals surface area contributed by atoms with Crippen molar-refractivity contribution < 1.29 is 9.59 Å². The van der Waals surface area contributed by atoms with E-state index < -0.39 is 0 Å². The number of rotatable bonds is 4. The summed E-state index contributed by atoms with van der Waals surface area (Å²) in [6, 6.07) is 6.41. The maximum Gasteiger partial charge on any atom is 0.234 e. The van der Waals surface area contributed by atoms with Crippen LogP contribution in [0.15, 0.2) is 18.2 Å². The maximum atomic E-state index is 12.5. The van der Waals surface area contributed by atoms with Gasteiger partial charge in [-0.1, -0.05) is 36.6 Å². The number of hydrogen-bond donors (Lipinski definition) is 0. The topological polar surface area (TPSA) is 40.6 Å². The molecule has 1 aliphatic heterocycles. The van der Waals surface area contributed by atoms with Gasteiger partial charge in [0, 0.05) is 6.54 Å². The first-order chi connectivity index (χ1) is 11.0. The van der Waals surface area contributed by atoms with E-state index in [9.17, 15) is 9.59 Å². The number of nitrogens with zero attached hydrogens (tertiary/aromatic N) is 2. The highest BCUT2D eigenvalue weighted by atomic mass is 16.2. The molecule has 2 aliphatic rings. The first kappa shape index (κ1) is 16.2. The van der Waals surface area contributed by atoms with Gasteiger partial charge in [-0.05, 0) is 44.9 Å². The Morgan fingerprint density at radius 2 is 1.70 bits per heavy atom. The van der Waals surface area contributed by atoms with E-state index in [0.29, 0.717) is 6.67 Å². The summed E-state index contributed by atoms with van der Waals surface area (Å²) >= 11 is 0. The van der Waals surface area contributed by atoms with Gasteiger partial charge in [0.25, 0.3) is 0 Å². The number of likely N-dealkylation sites (tertiary alicyclic amines) is 1. The van der Waals surface area contributed by atoms with Crippen LogP contribution in [0.3, 0.4) is 0 Å². The largest absolute Gasteiger partial charge is 0.284 e. The van der Waals surface area contributed by atoms with Gasteiger partial charge in [-0.2, -0.15) is 0 Å². The molecule has 2 amide bonds. The molecule has 0 aromatic heterocycles. The zero-order valence-electron chi connectivity index (χ0n) is 14.3. The molecule has 0 bridgehead atoms. The second-order valence-corrected chi connectivity index (χ2v) is 7.19. The highest BCUT2D eigenvalue weighted by Gasteiger charge is 2.48.